The van der Waals surface area contributed by atoms with Gasteiger partial charge in [-0.2, -0.15) is 0 Å². The number of fused-ring (bicyclic) bond motifs is 1. The molecule has 0 spiro atoms. The third kappa shape index (κ3) is 1.08. The maximum atomic E-state index is 6.22. The van der Waals surface area contributed by atoms with Gasteiger partial charge in [0.05, 0.1) is 11.4 Å². The molecule has 0 heterocycles. The maximum absolute atomic E-state index is 6.22. The minimum absolute atomic E-state index is 0.449. The van der Waals surface area contributed by atoms with Crippen LogP contribution in [0.15, 0.2) is 36.4 Å². The smallest absolute Gasteiger partial charge is 0.0589 e. The van der Waals surface area contributed by atoms with E-state index in [-0.39, 0.29) is 0 Å². The molecule has 3 aliphatic carbocycles. The normalized spacial score (nSPS) is 23.6. The van der Waals surface area contributed by atoms with Crippen molar-refractivity contribution in [1.82, 2.24) is 0 Å². The van der Waals surface area contributed by atoms with E-state index in [1.54, 1.807) is 0 Å². The second-order valence-corrected chi connectivity index (χ2v) is 5.38. The van der Waals surface area contributed by atoms with Crippen LogP contribution in [0.5, 0.6) is 0 Å². The van der Waals surface area contributed by atoms with Gasteiger partial charge in [0, 0.05) is 11.8 Å². The van der Waals surface area contributed by atoms with Crippen LogP contribution in [0, 0.1) is 0 Å². The van der Waals surface area contributed by atoms with Gasteiger partial charge in [-0.15, -0.1) is 0 Å². The highest BCUT2D eigenvalue weighted by atomic mass is 14.7. The minimum atomic E-state index is 0.449. The molecule has 90 valence electrons. The summed E-state index contributed by atoms with van der Waals surface area (Å²) in [6.07, 6.45) is 2.43. The molecule has 2 atom stereocenters. The third-order valence-corrected chi connectivity index (χ3v) is 4.57. The number of anilines is 2. The lowest BCUT2D eigenvalue weighted by Crippen LogP contribution is -2.26. The first-order chi connectivity index (χ1) is 8.77. The van der Waals surface area contributed by atoms with Crippen LogP contribution in [-0.4, -0.2) is 0 Å². The predicted octanol–water partition coefficient (Wildman–Crippen LogP) is 3.22. The zero-order valence-corrected chi connectivity index (χ0v) is 10.2. The second-order valence-electron chi connectivity index (χ2n) is 5.38. The molecule has 2 aromatic carbocycles. The molecule has 5 rings (SSSR count). The van der Waals surface area contributed by atoms with Gasteiger partial charge in [0.1, 0.15) is 0 Å². The zero-order valence-electron chi connectivity index (χ0n) is 10.2. The van der Waals surface area contributed by atoms with Gasteiger partial charge in [-0.3, -0.25) is 0 Å². The number of hydrogen-bond donors (Lipinski definition) is 2. The summed E-state index contributed by atoms with van der Waals surface area (Å²) in [5.74, 6) is 0.966. The van der Waals surface area contributed by atoms with Crippen molar-refractivity contribution in [1.29, 1.82) is 0 Å². The van der Waals surface area contributed by atoms with E-state index in [1.807, 2.05) is 6.07 Å². The second kappa shape index (κ2) is 3.29. The molecule has 3 aliphatic rings. The van der Waals surface area contributed by atoms with Crippen LogP contribution in [0.4, 0.5) is 11.4 Å². The van der Waals surface area contributed by atoms with Crippen molar-refractivity contribution in [2.45, 2.75) is 24.7 Å². The van der Waals surface area contributed by atoms with Crippen molar-refractivity contribution < 1.29 is 0 Å². The first kappa shape index (κ1) is 10.0. The predicted molar refractivity (Wildman–Crippen MR) is 74.6 cm³/mol. The van der Waals surface area contributed by atoms with Gasteiger partial charge < -0.3 is 11.5 Å². The molecule has 2 aromatic rings. The fraction of sp³-hybridized carbons (Fsp3) is 0.250. The zero-order chi connectivity index (χ0) is 12.3. The topological polar surface area (TPSA) is 52.0 Å². The van der Waals surface area contributed by atoms with Crippen molar-refractivity contribution in [3.63, 3.8) is 0 Å². The average molecular weight is 236 g/mol. The molecule has 0 saturated carbocycles. The highest BCUT2D eigenvalue weighted by Gasteiger charge is 2.38. The lowest BCUT2D eigenvalue weighted by molar-refractivity contribution is 0.521. The Morgan fingerprint density at radius 1 is 0.778 bits per heavy atom. The van der Waals surface area contributed by atoms with Crippen molar-refractivity contribution in [2.24, 2.45) is 0 Å². The number of nitrogen functional groups attached to an aromatic ring is 2. The summed E-state index contributed by atoms with van der Waals surface area (Å²) < 4.78 is 0. The molecule has 4 N–H and O–H groups in total. The molecule has 2 unspecified atom stereocenters. The first-order valence-corrected chi connectivity index (χ1v) is 6.54. The highest BCUT2D eigenvalue weighted by molar-refractivity contribution is 5.74. The van der Waals surface area contributed by atoms with Gasteiger partial charge in [-0.1, -0.05) is 30.3 Å². The van der Waals surface area contributed by atoms with E-state index in [0.29, 0.717) is 11.8 Å². The van der Waals surface area contributed by atoms with Crippen molar-refractivity contribution >= 4 is 11.4 Å². The van der Waals surface area contributed by atoms with Gasteiger partial charge in [0.2, 0.25) is 0 Å². The van der Waals surface area contributed by atoms with Gasteiger partial charge in [0.15, 0.2) is 0 Å². The standard InChI is InChI=1S/C16H16N2/c17-14-8-7-13-11-5-6-12(15(13)16(14)18)10-4-2-1-3-9(10)11/h1-4,7-8,11-12H,5-6,17-18H2. The third-order valence-electron chi connectivity index (χ3n) is 4.57. The highest BCUT2D eigenvalue weighted by Crippen LogP contribution is 2.54. The molecule has 0 aliphatic heterocycles. The Balaban J connectivity index is 2.04. The van der Waals surface area contributed by atoms with Crippen LogP contribution in [0.25, 0.3) is 0 Å². The summed E-state index contributed by atoms with van der Waals surface area (Å²) in [5.41, 5.74) is 19.4. The van der Waals surface area contributed by atoms with Gasteiger partial charge in [0.25, 0.3) is 0 Å². The van der Waals surface area contributed by atoms with E-state index in [1.165, 1.54) is 35.1 Å². The Morgan fingerprint density at radius 3 is 2.22 bits per heavy atom. The minimum Gasteiger partial charge on any atom is -0.397 e. The lowest BCUT2D eigenvalue weighted by atomic mass is 9.63. The van der Waals surface area contributed by atoms with Crippen LogP contribution < -0.4 is 11.5 Å². The largest absolute Gasteiger partial charge is 0.397 e. The van der Waals surface area contributed by atoms with Crippen LogP contribution in [0.1, 0.15) is 46.9 Å². The molecule has 0 saturated heterocycles. The molecule has 18 heavy (non-hydrogen) atoms. The Hall–Kier alpha value is -1.96. The van der Waals surface area contributed by atoms with E-state index in [9.17, 15) is 0 Å². The van der Waals surface area contributed by atoms with E-state index < -0.39 is 0 Å². The Labute approximate surface area is 107 Å². The van der Waals surface area contributed by atoms with E-state index in [2.05, 4.69) is 30.3 Å². The van der Waals surface area contributed by atoms with Crippen LogP contribution in [0.2, 0.25) is 0 Å². The average Bonchev–Trinajstić information content (AvgIpc) is 2.43. The van der Waals surface area contributed by atoms with Gasteiger partial charge in [-0.05, 0) is 41.2 Å². The summed E-state index contributed by atoms with van der Waals surface area (Å²) in [6.45, 7) is 0. The summed E-state index contributed by atoms with van der Waals surface area (Å²) in [7, 11) is 0. The molecule has 0 fully saturated rings. The Morgan fingerprint density at radius 2 is 1.44 bits per heavy atom. The van der Waals surface area contributed by atoms with E-state index >= 15 is 0 Å². The number of hydrogen-bond acceptors (Lipinski definition) is 2. The van der Waals surface area contributed by atoms with Crippen LogP contribution in [0.3, 0.4) is 0 Å². The first-order valence-electron chi connectivity index (χ1n) is 6.54. The maximum Gasteiger partial charge on any atom is 0.0589 e. The monoisotopic (exact) mass is 236 g/mol. The molecule has 2 bridgehead atoms. The summed E-state index contributed by atoms with van der Waals surface area (Å²) >= 11 is 0. The summed E-state index contributed by atoms with van der Waals surface area (Å²) in [4.78, 5) is 0. The summed E-state index contributed by atoms with van der Waals surface area (Å²) in [5, 5.41) is 0. The molecule has 2 heteroatoms. The van der Waals surface area contributed by atoms with E-state index in [0.717, 1.165) is 11.4 Å². The van der Waals surface area contributed by atoms with Crippen molar-refractivity contribution in [2.75, 3.05) is 11.5 Å². The van der Waals surface area contributed by atoms with Gasteiger partial charge in [-0.25, -0.2) is 0 Å². The number of nitrogens with two attached hydrogens (primary N) is 2. The SMILES string of the molecule is Nc1ccc2c(c1N)C1CCC2c2ccccc21. The Bertz CT molecular complexity index is 646. The van der Waals surface area contributed by atoms with E-state index in [4.69, 9.17) is 11.5 Å². The number of benzene rings is 2. The fourth-order valence-electron chi connectivity index (χ4n) is 3.78. The molecule has 0 aromatic heterocycles. The number of rotatable bonds is 0. The molecular weight excluding hydrogens is 220 g/mol. The lowest BCUT2D eigenvalue weighted by Gasteiger charge is -2.41. The van der Waals surface area contributed by atoms with Crippen LogP contribution >= 0.6 is 0 Å². The Kier molecular flexibility index (Phi) is 1.83. The molecule has 0 radical (unpaired) electrons. The van der Waals surface area contributed by atoms with Crippen LogP contribution in [-0.2, 0) is 0 Å². The fourth-order valence-corrected chi connectivity index (χ4v) is 3.78. The van der Waals surface area contributed by atoms with Crippen molar-refractivity contribution in [3.8, 4) is 0 Å². The van der Waals surface area contributed by atoms with Crippen molar-refractivity contribution in [3.05, 3.63) is 58.7 Å². The summed E-state index contributed by atoms with van der Waals surface area (Å²) in [6, 6.07) is 12.9. The molecule has 2 nitrogen and oxygen atoms in total. The molecular formula is C16H16N2. The molecule has 0 amide bonds. The van der Waals surface area contributed by atoms with Gasteiger partial charge >= 0.3 is 0 Å². The quantitative estimate of drug-likeness (QED) is 0.690.